The number of ether oxygens (including phenoxy) is 1. The molecule has 18 heavy (non-hydrogen) atoms. The summed E-state index contributed by atoms with van der Waals surface area (Å²) in [4.78, 5) is 22.7. The molecule has 0 amide bonds. The van der Waals surface area contributed by atoms with Crippen molar-refractivity contribution in [2.45, 2.75) is 20.8 Å². The van der Waals surface area contributed by atoms with E-state index in [1.165, 1.54) is 18.5 Å². The van der Waals surface area contributed by atoms with Crippen molar-refractivity contribution in [3.8, 4) is 0 Å². The zero-order chi connectivity index (χ0) is 13.9. The number of Topliss-reactive ketones (excluding diaryl/α,β-unsaturated/α-hetero) is 1. The third-order valence-electron chi connectivity index (χ3n) is 2.75. The summed E-state index contributed by atoms with van der Waals surface area (Å²) < 4.78 is 5.85. The van der Waals surface area contributed by atoms with E-state index in [2.05, 4.69) is 4.74 Å². The fourth-order valence-corrected chi connectivity index (χ4v) is 2.20. The fraction of sp³-hybridized carbons (Fsp3) is 0.385. The number of benzene rings is 1. The second-order valence-corrected chi connectivity index (χ2v) is 4.46. The van der Waals surface area contributed by atoms with Gasteiger partial charge >= 0.3 is 5.97 Å². The molecule has 1 aromatic rings. The molecule has 1 aromatic carbocycles. The Balaban J connectivity index is 3.18. The predicted octanol–water partition coefficient (Wildman–Crippen LogP) is 2.64. The fourth-order valence-electron chi connectivity index (χ4n) is 1.85. The van der Waals surface area contributed by atoms with Gasteiger partial charge in [-0.05, 0) is 31.9 Å². The number of aryl methyl sites for hydroxylation is 1. The number of esters is 1. The van der Waals surface area contributed by atoms with E-state index in [0.717, 1.165) is 11.1 Å². The topological polar surface area (TPSA) is 46.6 Å². The molecular formula is C13H16ClNO3. The van der Waals surface area contributed by atoms with Gasteiger partial charge in [0.05, 0.1) is 12.8 Å². The van der Waals surface area contributed by atoms with E-state index in [1.54, 1.807) is 6.07 Å². The monoisotopic (exact) mass is 269 g/mol. The summed E-state index contributed by atoms with van der Waals surface area (Å²) in [5, 5.41) is 0. The molecule has 0 aliphatic heterocycles. The summed E-state index contributed by atoms with van der Waals surface area (Å²) in [6.45, 7) is 5.12. The molecule has 0 aliphatic carbocycles. The number of carbonyl (C=O) groups is 2. The maximum absolute atomic E-state index is 11.5. The van der Waals surface area contributed by atoms with E-state index in [0.29, 0.717) is 11.3 Å². The Labute approximate surface area is 112 Å². The van der Waals surface area contributed by atoms with Crippen molar-refractivity contribution in [1.29, 1.82) is 0 Å². The second-order valence-electron chi connectivity index (χ2n) is 4.06. The molecular weight excluding hydrogens is 254 g/mol. The van der Waals surface area contributed by atoms with Crippen LogP contribution in [0.4, 0.5) is 5.69 Å². The van der Waals surface area contributed by atoms with Crippen LogP contribution in [0.1, 0.15) is 28.4 Å². The van der Waals surface area contributed by atoms with Gasteiger partial charge in [0.15, 0.2) is 5.78 Å². The minimum atomic E-state index is -0.433. The third kappa shape index (κ3) is 3.01. The highest BCUT2D eigenvalue weighted by atomic mass is 35.5. The van der Waals surface area contributed by atoms with Crippen LogP contribution in [0.15, 0.2) is 12.1 Å². The Hall–Kier alpha value is -1.55. The molecule has 4 nitrogen and oxygen atoms in total. The van der Waals surface area contributed by atoms with Gasteiger partial charge in [-0.3, -0.25) is 14.0 Å². The van der Waals surface area contributed by atoms with Gasteiger partial charge < -0.3 is 4.74 Å². The van der Waals surface area contributed by atoms with E-state index in [4.69, 9.17) is 11.8 Å². The first-order valence-corrected chi connectivity index (χ1v) is 5.83. The number of rotatable bonds is 4. The lowest BCUT2D eigenvalue weighted by atomic mass is 10.00. The number of halogens is 1. The number of hydrogen-bond donors (Lipinski definition) is 0. The highest BCUT2D eigenvalue weighted by molar-refractivity contribution is 6.27. The van der Waals surface area contributed by atoms with E-state index in [-0.39, 0.29) is 12.3 Å². The lowest BCUT2D eigenvalue weighted by molar-refractivity contribution is -0.138. The molecule has 5 heteroatoms. The summed E-state index contributed by atoms with van der Waals surface area (Å²) in [5.74, 6) is -0.464. The molecule has 0 heterocycles. The summed E-state index contributed by atoms with van der Waals surface area (Å²) in [6, 6.07) is 3.57. The van der Waals surface area contributed by atoms with Crippen LogP contribution in [-0.2, 0) is 9.53 Å². The number of carbonyl (C=O) groups excluding carboxylic acids is 2. The number of anilines is 1. The molecule has 0 aliphatic rings. The average molecular weight is 270 g/mol. The molecule has 0 saturated heterocycles. The first-order chi connectivity index (χ1) is 8.38. The van der Waals surface area contributed by atoms with Gasteiger partial charge in [0.2, 0.25) is 0 Å². The minimum Gasteiger partial charge on any atom is -0.468 e. The van der Waals surface area contributed by atoms with Crippen LogP contribution in [0.25, 0.3) is 0 Å². The van der Waals surface area contributed by atoms with Gasteiger partial charge in [-0.15, -0.1) is 0 Å². The molecule has 0 bridgehead atoms. The molecule has 0 aromatic heterocycles. The van der Waals surface area contributed by atoms with Crippen molar-refractivity contribution in [2.24, 2.45) is 0 Å². The lowest BCUT2D eigenvalue weighted by Crippen LogP contribution is -2.23. The third-order valence-corrected chi connectivity index (χ3v) is 3.04. The van der Waals surface area contributed by atoms with Crippen molar-refractivity contribution >= 4 is 29.2 Å². The normalized spacial score (nSPS) is 10.1. The van der Waals surface area contributed by atoms with Crippen LogP contribution in [0.5, 0.6) is 0 Å². The first-order valence-electron chi connectivity index (χ1n) is 5.49. The van der Waals surface area contributed by atoms with Gasteiger partial charge in [-0.1, -0.05) is 12.1 Å². The Morgan fingerprint density at radius 1 is 1.33 bits per heavy atom. The second kappa shape index (κ2) is 5.87. The van der Waals surface area contributed by atoms with Crippen molar-refractivity contribution in [2.75, 3.05) is 18.1 Å². The van der Waals surface area contributed by atoms with Crippen LogP contribution in [-0.4, -0.2) is 25.4 Å². The van der Waals surface area contributed by atoms with E-state index >= 15 is 0 Å². The molecule has 0 radical (unpaired) electrons. The lowest BCUT2D eigenvalue weighted by Gasteiger charge is -2.20. The number of hydrogen-bond acceptors (Lipinski definition) is 4. The Kier molecular flexibility index (Phi) is 4.73. The average Bonchev–Trinajstić information content (AvgIpc) is 2.28. The quantitative estimate of drug-likeness (QED) is 0.479. The highest BCUT2D eigenvalue weighted by Crippen LogP contribution is 2.29. The molecule has 0 fully saturated rings. The van der Waals surface area contributed by atoms with Gasteiger partial charge in [0.25, 0.3) is 0 Å². The van der Waals surface area contributed by atoms with Crippen molar-refractivity contribution < 1.29 is 14.3 Å². The Morgan fingerprint density at radius 3 is 2.44 bits per heavy atom. The zero-order valence-corrected chi connectivity index (χ0v) is 11.7. The van der Waals surface area contributed by atoms with Crippen molar-refractivity contribution in [3.63, 3.8) is 0 Å². The Bertz CT molecular complexity index is 485. The molecule has 0 unspecified atom stereocenters. The zero-order valence-electron chi connectivity index (χ0n) is 10.9. The number of ketones is 1. The van der Waals surface area contributed by atoms with Gasteiger partial charge in [0, 0.05) is 17.3 Å². The van der Waals surface area contributed by atoms with Crippen molar-refractivity contribution in [1.82, 2.24) is 0 Å². The van der Waals surface area contributed by atoms with Gasteiger partial charge in [-0.25, -0.2) is 0 Å². The number of nitrogens with zero attached hydrogens (tertiary/aromatic N) is 1. The van der Waals surface area contributed by atoms with E-state index < -0.39 is 5.97 Å². The maximum atomic E-state index is 11.5. The van der Waals surface area contributed by atoms with Crippen LogP contribution in [0.3, 0.4) is 0 Å². The molecule has 0 atom stereocenters. The van der Waals surface area contributed by atoms with Crippen LogP contribution in [0.2, 0.25) is 0 Å². The maximum Gasteiger partial charge on any atom is 0.326 e. The van der Waals surface area contributed by atoms with Crippen LogP contribution >= 0.6 is 11.8 Å². The SMILES string of the molecule is COC(=O)CN(Cl)c1c(C)ccc(C(C)=O)c1C. The summed E-state index contributed by atoms with van der Waals surface area (Å²) >= 11 is 6.09. The predicted molar refractivity (Wildman–Crippen MR) is 71.1 cm³/mol. The molecule has 0 N–H and O–H groups in total. The van der Waals surface area contributed by atoms with Crippen LogP contribution in [0, 0.1) is 13.8 Å². The molecule has 0 spiro atoms. The van der Waals surface area contributed by atoms with Gasteiger partial charge in [0.1, 0.15) is 6.54 Å². The summed E-state index contributed by atoms with van der Waals surface area (Å²) in [5.41, 5.74) is 2.94. The molecule has 0 saturated carbocycles. The molecule has 98 valence electrons. The summed E-state index contributed by atoms with van der Waals surface area (Å²) in [7, 11) is 1.30. The highest BCUT2D eigenvalue weighted by Gasteiger charge is 2.17. The first kappa shape index (κ1) is 14.5. The standard InChI is InChI=1S/C13H16ClNO3/c1-8-5-6-11(10(3)16)9(2)13(8)15(14)7-12(17)18-4/h5-6H,7H2,1-4H3. The van der Waals surface area contributed by atoms with Crippen LogP contribution < -0.4 is 4.42 Å². The van der Waals surface area contributed by atoms with E-state index in [1.807, 2.05) is 19.9 Å². The van der Waals surface area contributed by atoms with E-state index in [9.17, 15) is 9.59 Å². The smallest absolute Gasteiger partial charge is 0.326 e. The summed E-state index contributed by atoms with van der Waals surface area (Å²) in [6.07, 6.45) is 0. The van der Waals surface area contributed by atoms with Gasteiger partial charge in [-0.2, -0.15) is 0 Å². The molecule has 1 rings (SSSR count). The largest absolute Gasteiger partial charge is 0.468 e. The van der Waals surface area contributed by atoms with Crippen molar-refractivity contribution in [3.05, 3.63) is 28.8 Å². The minimum absolute atomic E-state index is 0.0307. The Morgan fingerprint density at radius 2 is 1.94 bits per heavy atom. The number of methoxy groups -OCH3 is 1.